The summed E-state index contributed by atoms with van der Waals surface area (Å²) >= 11 is 0. The quantitative estimate of drug-likeness (QED) is 0.867. The van der Waals surface area contributed by atoms with E-state index in [1.54, 1.807) is 14.2 Å². The first-order valence-corrected chi connectivity index (χ1v) is 5.81. The maximum absolute atomic E-state index is 11.5. The minimum absolute atomic E-state index is 0.156. The number of carbonyl (C=O) groups excluding carboxylic acids is 1. The van der Waals surface area contributed by atoms with Gasteiger partial charge in [-0.2, -0.15) is 0 Å². The second kappa shape index (κ2) is 5.87. The summed E-state index contributed by atoms with van der Waals surface area (Å²) in [6.07, 6.45) is 0.156. The molecule has 1 N–H and O–H groups in total. The van der Waals surface area contributed by atoms with Crippen LogP contribution in [0.2, 0.25) is 0 Å². The van der Waals surface area contributed by atoms with Gasteiger partial charge in [0, 0.05) is 12.0 Å². The van der Waals surface area contributed by atoms with E-state index in [1.807, 2.05) is 20.8 Å². The normalized spacial score (nSPS) is 10.3. The number of carbonyl (C=O) groups is 1. The average Bonchev–Trinajstić information content (AvgIpc) is 2.36. The zero-order chi connectivity index (χ0) is 13.9. The van der Waals surface area contributed by atoms with Gasteiger partial charge < -0.3 is 14.6 Å². The van der Waals surface area contributed by atoms with Crippen LogP contribution < -0.4 is 9.47 Å². The second-order valence-electron chi connectivity index (χ2n) is 4.29. The lowest BCUT2D eigenvalue weighted by Crippen LogP contribution is -2.12. The van der Waals surface area contributed by atoms with E-state index in [9.17, 15) is 4.79 Å². The SMILES string of the molecule is COc1c(C)c(C)c(OC)c(CC(=O)CO)c1C. The van der Waals surface area contributed by atoms with Crippen LogP contribution in [0.3, 0.4) is 0 Å². The Morgan fingerprint density at radius 1 is 1.00 bits per heavy atom. The number of benzene rings is 1. The van der Waals surface area contributed by atoms with Crippen LogP contribution in [0.4, 0.5) is 0 Å². The predicted molar refractivity (Wildman–Crippen MR) is 69.6 cm³/mol. The number of ketones is 1. The fourth-order valence-electron chi connectivity index (χ4n) is 2.20. The fraction of sp³-hybridized carbons (Fsp3) is 0.500. The third-order valence-electron chi connectivity index (χ3n) is 3.27. The smallest absolute Gasteiger partial charge is 0.162 e. The molecule has 0 aliphatic carbocycles. The molecule has 0 aliphatic rings. The number of hydrogen-bond acceptors (Lipinski definition) is 4. The summed E-state index contributed by atoms with van der Waals surface area (Å²) in [4.78, 5) is 11.5. The highest BCUT2D eigenvalue weighted by Gasteiger charge is 2.20. The van der Waals surface area contributed by atoms with Crippen molar-refractivity contribution < 1.29 is 19.4 Å². The van der Waals surface area contributed by atoms with Crippen molar-refractivity contribution in [3.05, 3.63) is 22.3 Å². The standard InChI is InChI=1S/C14H20O4/c1-8-9(2)14(18-5)12(6-11(16)7-15)10(3)13(8)17-4/h15H,6-7H2,1-5H3. The molecular formula is C14H20O4. The van der Waals surface area contributed by atoms with Crippen LogP contribution in [0.5, 0.6) is 11.5 Å². The Kier molecular flexibility index (Phi) is 4.73. The van der Waals surface area contributed by atoms with E-state index in [0.29, 0.717) is 5.75 Å². The zero-order valence-electron chi connectivity index (χ0n) is 11.6. The summed E-state index contributed by atoms with van der Waals surface area (Å²) in [6, 6.07) is 0. The summed E-state index contributed by atoms with van der Waals surface area (Å²) in [7, 11) is 3.19. The maximum Gasteiger partial charge on any atom is 0.162 e. The summed E-state index contributed by atoms with van der Waals surface area (Å²) in [5.74, 6) is 1.24. The first kappa shape index (κ1) is 14.5. The third kappa shape index (κ3) is 2.48. The van der Waals surface area contributed by atoms with Crippen LogP contribution in [0.1, 0.15) is 22.3 Å². The van der Waals surface area contributed by atoms with E-state index in [2.05, 4.69) is 0 Å². The minimum Gasteiger partial charge on any atom is -0.496 e. The highest BCUT2D eigenvalue weighted by Crippen LogP contribution is 2.37. The minimum atomic E-state index is -0.460. The molecule has 0 saturated carbocycles. The van der Waals surface area contributed by atoms with Crippen molar-refractivity contribution in [2.45, 2.75) is 27.2 Å². The molecule has 0 amide bonds. The fourth-order valence-corrected chi connectivity index (χ4v) is 2.20. The largest absolute Gasteiger partial charge is 0.496 e. The van der Waals surface area contributed by atoms with Gasteiger partial charge in [-0.1, -0.05) is 0 Å². The highest BCUT2D eigenvalue weighted by atomic mass is 16.5. The number of methoxy groups -OCH3 is 2. The second-order valence-corrected chi connectivity index (χ2v) is 4.29. The lowest BCUT2D eigenvalue weighted by atomic mass is 9.94. The molecule has 0 aromatic heterocycles. The van der Waals surface area contributed by atoms with Crippen LogP contribution in [-0.2, 0) is 11.2 Å². The van der Waals surface area contributed by atoms with Crippen molar-refractivity contribution in [3.63, 3.8) is 0 Å². The van der Waals surface area contributed by atoms with E-state index in [1.165, 1.54) is 0 Å². The Morgan fingerprint density at radius 2 is 1.50 bits per heavy atom. The molecule has 0 atom stereocenters. The molecule has 1 rings (SSSR count). The van der Waals surface area contributed by atoms with Crippen molar-refractivity contribution >= 4 is 5.78 Å². The molecule has 0 saturated heterocycles. The number of Topliss-reactive ketones (excluding diaryl/α,β-unsaturated/α-hetero) is 1. The molecule has 18 heavy (non-hydrogen) atoms. The van der Waals surface area contributed by atoms with Crippen LogP contribution >= 0.6 is 0 Å². The molecule has 4 nitrogen and oxygen atoms in total. The Balaban J connectivity index is 3.46. The van der Waals surface area contributed by atoms with Crippen molar-refractivity contribution in [1.82, 2.24) is 0 Å². The number of hydrogen-bond donors (Lipinski definition) is 1. The van der Waals surface area contributed by atoms with E-state index in [4.69, 9.17) is 14.6 Å². The van der Waals surface area contributed by atoms with E-state index in [-0.39, 0.29) is 12.2 Å². The molecule has 0 radical (unpaired) electrons. The highest BCUT2D eigenvalue weighted by molar-refractivity contribution is 5.83. The molecule has 0 fully saturated rings. The maximum atomic E-state index is 11.5. The molecule has 4 heteroatoms. The summed E-state index contributed by atoms with van der Waals surface area (Å²) < 4.78 is 10.8. The van der Waals surface area contributed by atoms with Crippen LogP contribution in [-0.4, -0.2) is 31.7 Å². The number of aliphatic hydroxyl groups excluding tert-OH is 1. The molecule has 1 aromatic rings. The number of aliphatic hydroxyl groups is 1. The lowest BCUT2D eigenvalue weighted by molar-refractivity contribution is -0.121. The van der Waals surface area contributed by atoms with Gasteiger partial charge in [0.1, 0.15) is 18.1 Å². The Hall–Kier alpha value is -1.55. The van der Waals surface area contributed by atoms with Gasteiger partial charge in [0.15, 0.2) is 5.78 Å². The monoisotopic (exact) mass is 252 g/mol. The van der Waals surface area contributed by atoms with E-state index < -0.39 is 6.61 Å². The molecule has 0 aliphatic heterocycles. The summed E-state index contributed by atoms with van der Waals surface area (Å²) in [6.45, 7) is 5.33. The first-order valence-electron chi connectivity index (χ1n) is 5.81. The molecule has 0 spiro atoms. The molecule has 1 aromatic carbocycles. The lowest BCUT2D eigenvalue weighted by Gasteiger charge is -2.20. The predicted octanol–water partition coefficient (Wildman–Crippen LogP) is 1.73. The van der Waals surface area contributed by atoms with Crippen LogP contribution in [0, 0.1) is 20.8 Å². The summed E-state index contributed by atoms with van der Waals surface area (Å²) in [5, 5.41) is 8.88. The topological polar surface area (TPSA) is 55.8 Å². The van der Waals surface area contributed by atoms with Crippen molar-refractivity contribution in [2.75, 3.05) is 20.8 Å². The Labute approximate surface area is 108 Å². The Bertz CT molecular complexity index is 464. The number of ether oxygens (including phenoxy) is 2. The van der Waals surface area contributed by atoms with Gasteiger partial charge in [-0.05, 0) is 37.5 Å². The molecular weight excluding hydrogens is 232 g/mol. The van der Waals surface area contributed by atoms with Crippen LogP contribution in [0.15, 0.2) is 0 Å². The zero-order valence-corrected chi connectivity index (χ0v) is 11.6. The van der Waals surface area contributed by atoms with Gasteiger partial charge >= 0.3 is 0 Å². The Morgan fingerprint density at radius 3 is 1.94 bits per heavy atom. The summed E-state index contributed by atoms with van der Waals surface area (Å²) in [5.41, 5.74) is 3.64. The third-order valence-corrected chi connectivity index (χ3v) is 3.27. The van der Waals surface area contributed by atoms with Crippen LogP contribution in [0.25, 0.3) is 0 Å². The van der Waals surface area contributed by atoms with Crippen molar-refractivity contribution in [1.29, 1.82) is 0 Å². The molecule has 0 bridgehead atoms. The van der Waals surface area contributed by atoms with Crippen molar-refractivity contribution in [2.24, 2.45) is 0 Å². The van der Waals surface area contributed by atoms with Gasteiger partial charge in [-0.15, -0.1) is 0 Å². The average molecular weight is 252 g/mol. The molecule has 0 heterocycles. The van der Waals surface area contributed by atoms with E-state index in [0.717, 1.165) is 28.0 Å². The van der Waals surface area contributed by atoms with Gasteiger partial charge in [-0.25, -0.2) is 0 Å². The van der Waals surface area contributed by atoms with Gasteiger partial charge in [0.25, 0.3) is 0 Å². The van der Waals surface area contributed by atoms with Crippen molar-refractivity contribution in [3.8, 4) is 11.5 Å². The first-order chi connectivity index (χ1) is 8.47. The van der Waals surface area contributed by atoms with Gasteiger partial charge in [0.2, 0.25) is 0 Å². The number of rotatable bonds is 5. The molecule has 0 unspecified atom stereocenters. The van der Waals surface area contributed by atoms with E-state index >= 15 is 0 Å². The molecule has 100 valence electrons. The van der Waals surface area contributed by atoms with Gasteiger partial charge in [-0.3, -0.25) is 4.79 Å². The van der Waals surface area contributed by atoms with Gasteiger partial charge in [0.05, 0.1) is 14.2 Å².